The zero-order valence-electron chi connectivity index (χ0n) is 13.0. The highest BCUT2D eigenvalue weighted by molar-refractivity contribution is 5.47. The van der Waals surface area contributed by atoms with Crippen LogP contribution in [0.3, 0.4) is 0 Å². The molecule has 1 atom stereocenters. The summed E-state index contributed by atoms with van der Waals surface area (Å²) in [4.78, 5) is 4.68. The maximum atomic E-state index is 10.8. The fourth-order valence-electron chi connectivity index (χ4n) is 2.70. The van der Waals surface area contributed by atoms with Gasteiger partial charge in [-0.15, -0.1) is 0 Å². The van der Waals surface area contributed by atoms with Crippen LogP contribution in [0, 0.1) is 0 Å². The van der Waals surface area contributed by atoms with E-state index >= 15 is 0 Å². The van der Waals surface area contributed by atoms with E-state index in [1.807, 2.05) is 30.3 Å². The van der Waals surface area contributed by atoms with E-state index in [2.05, 4.69) is 18.8 Å². The van der Waals surface area contributed by atoms with E-state index in [0.29, 0.717) is 5.75 Å². The standard InChI is InChI=1S/C18H21NO3/c1-3-5-15-14(8-7-13(4-2)19-15)18(20)12-6-9-16-17(10-12)22-11-21-16/h6-10,18,20H,3-5,11H2,1-2H3/t18-/m1/s1. The molecule has 1 aliphatic heterocycles. The molecule has 0 aliphatic carbocycles. The van der Waals surface area contributed by atoms with Crippen molar-refractivity contribution >= 4 is 0 Å². The van der Waals surface area contributed by atoms with Crippen molar-refractivity contribution in [1.82, 2.24) is 4.98 Å². The van der Waals surface area contributed by atoms with Crippen LogP contribution in [0.15, 0.2) is 30.3 Å². The third-order valence-electron chi connectivity index (χ3n) is 3.92. The molecule has 22 heavy (non-hydrogen) atoms. The van der Waals surface area contributed by atoms with E-state index in [0.717, 1.165) is 47.5 Å². The van der Waals surface area contributed by atoms with Gasteiger partial charge in [-0.2, -0.15) is 0 Å². The number of aliphatic hydroxyl groups is 1. The summed E-state index contributed by atoms with van der Waals surface area (Å²) in [6.45, 7) is 4.45. The van der Waals surface area contributed by atoms with Crippen LogP contribution in [0.5, 0.6) is 11.5 Å². The van der Waals surface area contributed by atoms with Gasteiger partial charge in [-0.1, -0.05) is 32.4 Å². The van der Waals surface area contributed by atoms with Gasteiger partial charge in [0.2, 0.25) is 6.79 Å². The van der Waals surface area contributed by atoms with Crippen molar-refractivity contribution in [2.75, 3.05) is 6.79 Å². The van der Waals surface area contributed by atoms with E-state index in [1.54, 1.807) is 0 Å². The van der Waals surface area contributed by atoms with E-state index < -0.39 is 6.10 Å². The van der Waals surface area contributed by atoms with Crippen LogP contribution in [-0.4, -0.2) is 16.9 Å². The molecular weight excluding hydrogens is 278 g/mol. The quantitative estimate of drug-likeness (QED) is 0.919. The van der Waals surface area contributed by atoms with Gasteiger partial charge >= 0.3 is 0 Å². The van der Waals surface area contributed by atoms with Crippen LogP contribution < -0.4 is 9.47 Å². The Bertz CT molecular complexity index is 669. The lowest BCUT2D eigenvalue weighted by Gasteiger charge is -2.16. The number of nitrogens with zero attached hydrogens (tertiary/aromatic N) is 1. The van der Waals surface area contributed by atoms with Crippen LogP contribution in [0.4, 0.5) is 0 Å². The zero-order chi connectivity index (χ0) is 15.5. The maximum Gasteiger partial charge on any atom is 0.231 e. The Morgan fingerprint density at radius 2 is 1.95 bits per heavy atom. The maximum absolute atomic E-state index is 10.8. The Balaban J connectivity index is 1.95. The minimum atomic E-state index is -0.700. The highest BCUT2D eigenvalue weighted by atomic mass is 16.7. The lowest BCUT2D eigenvalue weighted by molar-refractivity contribution is 0.173. The number of fused-ring (bicyclic) bond motifs is 1. The first-order valence-electron chi connectivity index (χ1n) is 7.79. The van der Waals surface area contributed by atoms with Crippen molar-refractivity contribution in [3.05, 3.63) is 52.8 Å². The second kappa shape index (κ2) is 6.36. The summed E-state index contributed by atoms with van der Waals surface area (Å²) in [6.07, 6.45) is 2.07. The smallest absolute Gasteiger partial charge is 0.231 e. The number of aliphatic hydroxyl groups excluding tert-OH is 1. The summed E-state index contributed by atoms with van der Waals surface area (Å²) < 4.78 is 10.7. The summed E-state index contributed by atoms with van der Waals surface area (Å²) in [5, 5.41) is 10.8. The normalized spacial score (nSPS) is 14.1. The zero-order valence-corrected chi connectivity index (χ0v) is 13.0. The van der Waals surface area contributed by atoms with Crippen molar-refractivity contribution in [2.24, 2.45) is 0 Å². The molecule has 0 unspecified atom stereocenters. The number of aromatic nitrogens is 1. The summed E-state index contributed by atoms with van der Waals surface area (Å²) in [6, 6.07) is 9.54. The van der Waals surface area contributed by atoms with Gasteiger partial charge < -0.3 is 14.6 Å². The summed E-state index contributed by atoms with van der Waals surface area (Å²) in [5.41, 5.74) is 3.71. The molecule has 1 aromatic carbocycles. The van der Waals surface area contributed by atoms with Gasteiger partial charge in [0.1, 0.15) is 6.10 Å². The molecule has 0 saturated heterocycles. The molecule has 0 spiro atoms. The van der Waals surface area contributed by atoms with Crippen molar-refractivity contribution in [2.45, 2.75) is 39.2 Å². The summed E-state index contributed by atoms with van der Waals surface area (Å²) >= 11 is 0. The van der Waals surface area contributed by atoms with Crippen molar-refractivity contribution in [3.63, 3.8) is 0 Å². The third kappa shape index (κ3) is 2.79. The molecular formula is C18H21NO3. The predicted molar refractivity (Wildman–Crippen MR) is 84.2 cm³/mol. The molecule has 1 aromatic heterocycles. The molecule has 2 heterocycles. The molecule has 4 nitrogen and oxygen atoms in total. The number of rotatable bonds is 5. The molecule has 3 rings (SSSR count). The molecule has 0 fully saturated rings. The first-order chi connectivity index (χ1) is 10.7. The van der Waals surface area contributed by atoms with E-state index in [-0.39, 0.29) is 6.79 Å². The lowest BCUT2D eigenvalue weighted by atomic mass is 9.97. The SMILES string of the molecule is CCCc1nc(CC)ccc1[C@H](O)c1ccc2c(c1)OCO2. The number of benzene rings is 1. The Morgan fingerprint density at radius 1 is 1.14 bits per heavy atom. The van der Waals surface area contributed by atoms with Gasteiger partial charge in [-0.25, -0.2) is 0 Å². The Kier molecular flexibility index (Phi) is 4.29. The van der Waals surface area contributed by atoms with Gasteiger partial charge in [0.05, 0.1) is 0 Å². The topological polar surface area (TPSA) is 51.6 Å². The van der Waals surface area contributed by atoms with Crippen LogP contribution in [-0.2, 0) is 12.8 Å². The van der Waals surface area contributed by atoms with Gasteiger partial charge in [0.15, 0.2) is 11.5 Å². The minimum Gasteiger partial charge on any atom is -0.454 e. The molecule has 4 heteroatoms. The average molecular weight is 299 g/mol. The Hall–Kier alpha value is -2.07. The minimum absolute atomic E-state index is 0.239. The van der Waals surface area contributed by atoms with Gasteiger partial charge in [0.25, 0.3) is 0 Å². The van der Waals surface area contributed by atoms with Gasteiger partial charge in [-0.3, -0.25) is 4.98 Å². The van der Waals surface area contributed by atoms with E-state index in [4.69, 9.17) is 9.47 Å². The van der Waals surface area contributed by atoms with Crippen LogP contribution in [0.2, 0.25) is 0 Å². The molecule has 0 amide bonds. The fourth-order valence-corrected chi connectivity index (χ4v) is 2.70. The molecule has 1 aliphatic rings. The number of pyridine rings is 1. The fraction of sp³-hybridized carbons (Fsp3) is 0.389. The van der Waals surface area contributed by atoms with E-state index in [9.17, 15) is 5.11 Å². The monoisotopic (exact) mass is 299 g/mol. The second-order valence-corrected chi connectivity index (χ2v) is 5.46. The number of hydrogen-bond donors (Lipinski definition) is 1. The molecule has 0 saturated carbocycles. The number of hydrogen-bond acceptors (Lipinski definition) is 4. The average Bonchev–Trinajstić information content (AvgIpc) is 3.02. The van der Waals surface area contributed by atoms with Gasteiger partial charge in [-0.05, 0) is 36.6 Å². The van der Waals surface area contributed by atoms with Crippen LogP contribution in [0.1, 0.15) is 48.9 Å². The number of ether oxygens (including phenoxy) is 2. The van der Waals surface area contributed by atoms with Crippen LogP contribution >= 0.6 is 0 Å². The molecule has 0 bridgehead atoms. The highest BCUT2D eigenvalue weighted by Crippen LogP contribution is 2.36. The van der Waals surface area contributed by atoms with Crippen molar-refractivity contribution in [3.8, 4) is 11.5 Å². The molecule has 0 radical (unpaired) electrons. The molecule has 2 aromatic rings. The second-order valence-electron chi connectivity index (χ2n) is 5.46. The summed E-state index contributed by atoms with van der Waals surface area (Å²) in [7, 11) is 0. The number of aryl methyl sites for hydroxylation is 2. The summed E-state index contributed by atoms with van der Waals surface area (Å²) in [5.74, 6) is 1.41. The molecule has 1 N–H and O–H groups in total. The first kappa shape index (κ1) is 14.9. The van der Waals surface area contributed by atoms with E-state index in [1.165, 1.54) is 0 Å². The van der Waals surface area contributed by atoms with Crippen LogP contribution in [0.25, 0.3) is 0 Å². The Morgan fingerprint density at radius 3 is 2.73 bits per heavy atom. The third-order valence-corrected chi connectivity index (χ3v) is 3.92. The largest absolute Gasteiger partial charge is 0.454 e. The predicted octanol–water partition coefficient (Wildman–Crippen LogP) is 3.41. The molecule has 116 valence electrons. The first-order valence-corrected chi connectivity index (χ1v) is 7.79. The van der Waals surface area contributed by atoms with Gasteiger partial charge in [0, 0.05) is 17.0 Å². The van der Waals surface area contributed by atoms with Crippen molar-refractivity contribution in [1.29, 1.82) is 0 Å². The Labute approximate surface area is 130 Å². The lowest BCUT2D eigenvalue weighted by Crippen LogP contribution is -2.07. The van der Waals surface area contributed by atoms with Crippen molar-refractivity contribution < 1.29 is 14.6 Å². The highest BCUT2D eigenvalue weighted by Gasteiger charge is 2.20.